The van der Waals surface area contributed by atoms with Gasteiger partial charge in [0.25, 0.3) is 0 Å². The van der Waals surface area contributed by atoms with Gasteiger partial charge in [-0.2, -0.15) is 0 Å². The van der Waals surface area contributed by atoms with E-state index in [0.29, 0.717) is 12.2 Å². The van der Waals surface area contributed by atoms with Gasteiger partial charge in [-0.1, -0.05) is 15.9 Å². The third-order valence-electron chi connectivity index (χ3n) is 1.86. The maximum absolute atomic E-state index is 10.5. The van der Waals surface area contributed by atoms with Crippen LogP contribution in [0.3, 0.4) is 0 Å². The van der Waals surface area contributed by atoms with Gasteiger partial charge in [0.2, 0.25) is 0 Å². The molecule has 3 heteroatoms. The lowest BCUT2D eigenvalue weighted by Gasteiger charge is -2.14. The molecule has 0 unspecified atom stereocenters. The third kappa shape index (κ3) is 1.65. The van der Waals surface area contributed by atoms with Crippen molar-refractivity contribution in [3.8, 4) is 5.75 Å². The van der Waals surface area contributed by atoms with E-state index < -0.39 is 0 Å². The van der Waals surface area contributed by atoms with Gasteiger partial charge in [-0.25, -0.2) is 0 Å². The minimum atomic E-state index is 0.373. The van der Waals surface area contributed by atoms with Crippen LogP contribution in [0.25, 0.3) is 6.08 Å². The summed E-state index contributed by atoms with van der Waals surface area (Å²) < 4.78 is 6.35. The van der Waals surface area contributed by atoms with Crippen LogP contribution >= 0.6 is 15.9 Å². The Balaban J connectivity index is 2.49. The van der Waals surface area contributed by atoms with E-state index in [2.05, 4.69) is 15.9 Å². The average Bonchev–Trinajstić information content (AvgIpc) is 2.16. The lowest BCUT2D eigenvalue weighted by Crippen LogP contribution is -2.07. The predicted octanol–water partition coefficient (Wildman–Crippen LogP) is 2.42. The smallest absolute Gasteiger partial charge is 0.149 e. The Morgan fingerprint density at radius 1 is 1.46 bits per heavy atom. The molecule has 0 aliphatic carbocycles. The minimum absolute atomic E-state index is 0.373. The molecule has 1 aromatic carbocycles. The zero-order valence-corrected chi connectivity index (χ0v) is 8.37. The van der Waals surface area contributed by atoms with Crippen LogP contribution in [0.4, 0.5) is 0 Å². The molecule has 13 heavy (non-hydrogen) atoms. The number of hydrogen-bond acceptors (Lipinski definition) is 2. The van der Waals surface area contributed by atoms with E-state index >= 15 is 0 Å². The Bertz CT molecular complexity index is 383. The highest BCUT2D eigenvalue weighted by Gasteiger charge is 2.10. The maximum Gasteiger partial charge on any atom is 0.149 e. The Kier molecular flexibility index (Phi) is 2.19. The van der Waals surface area contributed by atoms with Crippen LogP contribution in [0.5, 0.6) is 5.75 Å². The van der Waals surface area contributed by atoms with Crippen LogP contribution in [-0.2, 0) is 4.79 Å². The number of carbonyl (C=O) groups excluding carboxylic acids is 1. The number of aldehydes is 1. The van der Waals surface area contributed by atoms with Crippen LogP contribution in [0, 0.1) is 0 Å². The van der Waals surface area contributed by atoms with Crippen LogP contribution in [0.15, 0.2) is 28.2 Å². The minimum Gasteiger partial charge on any atom is -0.488 e. The zero-order chi connectivity index (χ0) is 9.26. The lowest BCUT2D eigenvalue weighted by molar-refractivity contribution is -0.105. The first kappa shape index (κ1) is 8.51. The fourth-order valence-electron chi connectivity index (χ4n) is 1.23. The molecular weight excluding hydrogens is 232 g/mol. The third-order valence-corrected chi connectivity index (χ3v) is 2.35. The van der Waals surface area contributed by atoms with Crippen LogP contribution in [0.1, 0.15) is 5.56 Å². The topological polar surface area (TPSA) is 26.3 Å². The standard InChI is InChI=1S/C10H7BrO2/c11-9-1-2-10-8(4-9)3-7(5-12)6-13-10/h1-5H,6H2. The Labute approximate surface area is 84.3 Å². The van der Waals surface area contributed by atoms with E-state index in [1.807, 2.05) is 24.3 Å². The monoisotopic (exact) mass is 238 g/mol. The summed E-state index contributed by atoms with van der Waals surface area (Å²) in [5, 5.41) is 0. The highest BCUT2D eigenvalue weighted by molar-refractivity contribution is 9.10. The molecule has 2 rings (SSSR count). The van der Waals surface area contributed by atoms with Crippen molar-refractivity contribution >= 4 is 28.3 Å². The van der Waals surface area contributed by atoms with E-state index in [0.717, 1.165) is 22.1 Å². The fraction of sp³-hybridized carbons (Fsp3) is 0.100. The molecule has 0 bridgehead atoms. The van der Waals surface area contributed by atoms with Crippen molar-refractivity contribution in [3.63, 3.8) is 0 Å². The number of hydrogen-bond donors (Lipinski definition) is 0. The van der Waals surface area contributed by atoms with Crippen LogP contribution in [0.2, 0.25) is 0 Å². The molecule has 0 fully saturated rings. The summed E-state index contributed by atoms with van der Waals surface area (Å²) in [5.41, 5.74) is 1.62. The highest BCUT2D eigenvalue weighted by Crippen LogP contribution is 2.28. The zero-order valence-electron chi connectivity index (χ0n) is 6.79. The van der Waals surface area contributed by atoms with Gasteiger partial charge in [-0.05, 0) is 24.3 Å². The van der Waals surface area contributed by atoms with Crippen molar-refractivity contribution in [3.05, 3.63) is 33.8 Å². The van der Waals surface area contributed by atoms with Gasteiger partial charge < -0.3 is 4.74 Å². The number of carbonyl (C=O) groups is 1. The molecule has 1 aliphatic rings. The molecule has 0 spiro atoms. The molecule has 0 radical (unpaired) electrons. The summed E-state index contributed by atoms with van der Waals surface area (Å²) in [7, 11) is 0. The summed E-state index contributed by atoms with van der Waals surface area (Å²) in [6, 6.07) is 5.73. The van der Waals surface area contributed by atoms with E-state index in [1.165, 1.54) is 0 Å². The molecule has 0 amide bonds. The second-order valence-corrected chi connectivity index (χ2v) is 3.72. The second-order valence-electron chi connectivity index (χ2n) is 2.81. The molecule has 1 aliphatic heterocycles. The Hall–Kier alpha value is -1.09. The number of ether oxygens (including phenoxy) is 1. The van der Waals surface area contributed by atoms with Gasteiger partial charge in [0.15, 0.2) is 0 Å². The molecule has 0 saturated carbocycles. The Morgan fingerprint density at radius 2 is 2.31 bits per heavy atom. The normalized spacial score (nSPS) is 14.1. The lowest BCUT2D eigenvalue weighted by atomic mass is 10.1. The molecule has 0 aromatic heterocycles. The van der Waals surface area contributed by atoms with E-state index in [-0.39, 0.29) is 0 Å². The van der Waals surface area contributed by atoms with Crippen molar-refractivity contribution < 1.29 is 9.53 Å². The van der Waals surface area contributed by atoms with Gasteiger partial charge in [0.1, 0.15) is 18.6 Å². The number of rotatable bonds is 1. The summed E-state index contributed by atoms with van der Waals surface area (Å²) in [6.45, 7) is 0.373. The van der Waals surface area contributed by atoms with Crippen LogP contribution < -0.4 is 4.74 Å². The first-order valence-corrected chi connectivity index (χ1v) is 4.67. The number of fused-ring (bicyclic) bond motifs is 1. The molecule has 1 heterocycles. The first-order chi connectivity index (χ1) is 6.29. The predicted molar refractivity (Wildman–Crippen MR) is 53.7 cm³/mol. The van der Waals surface area contributed by atoms with Gasteiger partial charge in [-0.15, -0.1) is 0 Å². The number of halogens is 1. The molecular formula is C10H7BrO2. The van der Waals surface area contributed by atoms with E-state index in [4.69, 9.17) is 4.74 Å². The van der Waals surface area contributed by atoms with Crippen molar-refractivity contribution in [1.82, 2.24) is 0 Å². The molecule has 1 aromatic rings. The number of benzene rings is 1. The fourth-order valence-corrected chi connectivity index (χ4v) is 1.61. The first-order valence-electron chi connectivity index (χ1n) is 3.88. The van der Waals surface area contributed by atoms with Gasteiger partial charge in [0.05, 0.1) is 0 Å². The summed E-state index contributed by atoms with van der Waals surface area (Å²) in [5.74, 6) is 0.828. The average molecular weight is 239 g/mol. The molecule has 66 valence electrons. The van der Waals surface area contributed by atoms with Gasteiger partial charge >= 0.3 is 0 Å². The van der Waals surface area contributed by atoms with Gasteiger partial charge in [0, 0.05) is 15.6 Å². The highest BCUT2D eigenvalue weighted by atomic mass is 79.9. The van der Waals surface area contributed by atoms with Gasteiger partial charge in [-0.3, -0.25) is 4.79 Å². The Morgan fingerprint density at radius 3 is 3.08 bits per heavy atom. The summed E-state index contributed by atoms with van der Waals surface area (Å²) >= 11 is 3.36. The molecule has 0 N–H and O–H groups in total. The molecule has 0 atom stereocenters. The van der Waals surface area contributed by atoms with Crippen molar-refractivity contribution in [2.75, 3.05) is 6.61 Å². The summed E-state index contributed by atoms with van der Waals surface area (Å²) in [6.07, 6.45) is 2.67. The van der Waals surface area contributed by atoms with Crippen molar-refractivity contribution in [1.29, 1.82) is 0 Å². The second kappa shape index (κ2) is 3.34. The SMILES string of the molecule is O=CC1=Cc2cc(Br)ccc2OC1. The molecule has 0 saturated heterocycles. The van der Waals surface area contributed by atoms with Crippen LogP contribution in [-0.4, -0.2) is 12.9 Å². The van der Waals surface area contributed by atoms with E-state index in [1.54, 1.807) is 0 Å². The molecule has 2 nitrogen and oxygen atoms in total. The quantitative estimate of drug-likeness (QED) is 0.703. The van der Waals surface area contributed by atoms with Crippen molar-refractivity contribution in [2.24, 2.45) is 0 Å². The van der Waals surface area contributed by atoms with E-state index in [9.17, 15) is 4.79 Å². The summed E-state index contributed by atoms with van der Waals surface area (Å²) in [4.78, 5) is 10.5. The van der Waals surface area contributed by atoms with Crippen molar-refractivity contribution in [2.45, 2.75) is 0 Å². The largest absolute Gasteiger partial charge is 0.488 e. The maximum atomic E-state index is 10.5.